The van der Waals surface area contributed by atoms with E-state index in [0.29, 0.717) is 5.69 Å². The molecular weight excluding hydrogens is 280 g/mol. The normalized spacial score (nSPS) is 9.71. The average molecular weight is 296 g/mol. The van der Waals surface area contributed by atoms with Gasteiger partial charge < -0.3 is 26.6 Å². The first-order valence-electron chi connectivity index (χ1n) is 5.99. The third-order valence-electron chi connectivity index (χ3n) is 2.40. The van der Waals surface area contributed by atoms with E-state index in [2.05, 4.69) is 10.6 Å². The maximum Gasteiger partial charge on any atom is 0.323 e. The van der Waals surface area contributed by atoms with Crippen LogP contribution in [0.1, 0.15) is 0 Å². The Bertz CT molecular complexity index is 517. The van der Waals surface area contributed by atoms with Crippen molar-refractivity contribution in [1.82, 2.24) is 10.6 Å². The van der Waals surface area contributed by atoms with Crippen molar-refractivity contribution in [3.8, 4) is 5.75 Å². The van der Waals surface area contributed by atoms with E-state index in [4.69, 9.17) is 10.8 Å². The van der Waals surface area contributed by atoms with Crippen molar-refractivity contribution in [2.24, 2.45) is 5.73 Å². The van der Waals surface area contributed by atoms with Gasteiger partial charge in [-0.15, -0.1) is 0 Å². The molecule has 0 fully saturated rings. The van der Waals surface area contributed by atoms with Gasteiger partial charge >= 0.3 is 18.0 Å². The third kappa shape index (κ3) is 5.68. The minimum absolute atomic E-state index is 0.0000846. The van der Waals surface area contributed by atoms with Gasteiger partial charge in [-0.05, 0) is 24.3 Å². The number of aromatic hydroxyl groups is 1. The monoisotopic (exact) mass is 296 g/mol. The SMILES string of the molecule is NC(=O)NCCNC(=O)N(CC(=O)O)c1ccc(O)cc1. The van der Waals surface area contributed by atoms with Crippen LogP contribution in [0.5, 0.6) is 5.75 Å². The van der Waals surface area contributed by atoms with Crippen molar-refractivity contribution in [3.05, 3.63) is 24.3 Å². The minimum atomic E-state index is -1.19. The van der Waals surface area contributed by atoms with E-state index in [1.807, 2.05) is 0 Å². The lowest BCUT2D eigenvalue weighted by atomic mass is 10.3. The fourth-order valence-corrected chi connectivity index (χ4v) is 1.50. The Morgan fingerprint density at radius 2 is 1.67 bits per heavy atom. The van der Waals surface area contributed by atoms with Crippen molar-refractivity contribution in [1.29, 1.82) is 0 Å². The quantitative estimate of drug-likeness (QED) is 0.456. The van der Waals surface area contributed by atoms with Crippen LogP contribution in [0.4, 0.5) is 15.3 Å². The van der Waals surface area contributed by atoms with Gasteiger partial charge in [-0.25, -0.2) is 9.59 Å². The molecule has 0 heterocycles. The summed E-state index contributed by atoms with van der Waals surface area (Å²) in [4.78, 5) is 34.2. The second kappa shape index (κ2) is 7.58. The van der Waals surface area contributed by atoms with Crippen molar-refractivity contribution >= 4 is 23.7 Å². The summed E-state index contributed by atoms with van der Waals surface area (Å²) in [6.45, 7) is -0.326. The molecule has 0 aromatic heterocycles. The molecular formula is C12H16N4O5. The van der Waals surface area contributed by atoms with Crippen LogP contribution < -0.4 is 21.3 Å². The molecule has 0 bridgehead atoms. The van der Waals surface area contributed by atoms with Crippen LogP contribution in [0.2, 0.25) is 0 Å². The number of nitrogens with zero attached hydrogens (tertiary/aromatic N) is 1. The Morgan fingerprint density at radius 1 is 1.10 bits per heavy atom. The van der Waals surface area contributed by atoms with Gasteiger partial charge in [0, 0.05) is 18.8 Å². The number of nitrogens with two attached hydrogens (primary N) is 1. The second-order valence-corrected chi connectivity index (χ2v) is 4.02. The third-order valence-corrected chi connectivity index (χ3v) is 2.40. The number of carbonyl (C=O) groups is 3. The molecule has 0 saturated carbocycles. The summed E-state index contributed by atoms with van der Waals surface area (Å²) in [5, 5.41) is 22.8. The molecule has 114 valence electrons. The molecule has 0 aliphatic carbocycles. The number of aliphatic carboxylic acids is 1. The molecule has 0 atom stereocenters. The number of anilines is 1. The molecule has 1 aromatic carbocycles. The van der Waals surface area contributed by atoms with Crippen LogP contribution in [-0.4, -0.2) is 47.9 Å². The largest absolute Gasteiger partial charge is 0.508 e. The highest BCUT2D eigenvalue weighted by Gasteiger charge is 2.18. The summed E-state index contributed by atoms with van der Waals surface area (Å²) in [7, 11) is 0. The molecule has 6 N–H and O–H groups in total. The van der Waals surface area contributed by atoms with E-state index in [9.17, 15) is 19.5 Å². The molecule has 0 radical (unpaired) electrons. The summed E-state index contributed by atoms with van der Waals surface area (Å²) in [6, 6.07) is 4.15. The number of primary amides is 1. The number of hydrogen-bond donors (Lipinski definition) is 5. The van der Waals surface area contributed by atoms with E-state index in [0.717, 1.165) is 4.90 Å². The molecule has 9 nitrogen and oxygen atoms in total. The van der Waals surface area contributed by atoms with E-state index in [1.165, 1.54) is 24.3 Å². The first-order chi connectivity index (χ1) is 9.90. The zero-order valence-electron chi connectivity index (χ0n) is 11.1. The summed E-state index contributed by atoms with van der Waals surface area (Å²) in [6.07, 6.45) is 0. The molecule has 21 heavy (non-hydrogen) atoms. The number of carbonyl (C=O) groups excluding carboxylic acids is 2. The highest BCUT2D eigenvalue weighted by Crippen LogP contribution is 2.18. The maximum atomic E-state index is 12.0. The van der Waals surface area contributed by atoms with Gasteiger partial charge in [0.1, 0.15) is 12.3 Å². The highest BCUT2D eigenvalue weighted by molar-refractivity contribution is 5.96. The number of phenols is 1. The van der Waals surface area contributed by atoms with Gasteiger partial charge in [0.05, 0.1) is 0 Å². The molecule has 1 rings (SSSR count). The fourth-order valence-electron chi connectivity index (χ4n) is 1.50. The first-order valence-corrected chi connectivity index (χ1v) is 5.99. The van der Waals surface area contributed by atoms with Gasteiger partial charge in [0.25, 0.3) is 0 Å². The average Bonchev–Trinajstić information content (AvgIpc) is 2.41. The van der Waals surface area contributed by atoms with Crippen LogP contribution in [-0.2, 0) is 4.79 Å². The molecule has 0 aliphatic rings. The molecule has 0 aliphatic heterocycles. The Balaban J connectivity index is 2.68. The lowest BCUT2D eigenvalue weighted by molar-refractivity contribution is -0.135. The number of phenolic OH excluding ortho intramolecular Hbond substituents is 1. The number of hydrogen-bond acceptors (Lipinski definition) is 4. The number of carboxylic acids is 1. The number of urea groups is 2. The van der Waals surface area contributed by atoms with Crippen molar-refractivity contribution in [2.75, 3.05) is 24.5 Å². The van der Waals surface area contributed by atoms with Gasteiger partial charge in [-0.1, -0.05) is 0 Å². The number of rotatable bonds is 6. The molecule has 0 spiro atoms. The first kappa shape index (κ1) is 16.1. The molecule has 9 heteroatoms. The number of carboxylic acid groups (broad SMARTS) is 1. The van der Waals surface area contributed by atoms with Crippen molar-refractivity contribution in [3.63, 3.8) is 0 Å². The zero-order valence-corrected chi connectivity index (χ0v) is 11.1. The summed E-state index contributed by atoms with van der Waals surface area (Å²) >= 11 is 0. The number of benzene rings is 1. The molecule has 0 unspecified atom stereocenters. The van der Waals surface area contributed by atoms with E-state index in [-0.39, 0.29) is 18.8 Å². The van der Waals surface area contributed by atoms with E-state index >= 15 is 0 Å². The lowest BCUT2D eigenvalue weighted by Gasteiger charge is -2.21. The standard InChI is InChI=1S/C12H16N4O5/c13-11(20)14-5-6-15-12(21)16(7-10(18)19)8-1-3-9(17)4-2-8/h1-4,17H,5-7H2,(H,15,21)(H,18,19)(H3,13,14,20). The Kier molecular flexibility index (Phi) is 5.80. The summed E-state index contributed by atoms with van der Waals surface area (Å²) in [5.41, 5.74) is 5.18. The minimum Gasteiger partial charge on any atom is -0.508 e. The molecule has 0 saturated heterocycles. The van der Waals surface area contributed by atoms with Crippen LogP contribution in [0.15, 0.2) is 24.3 Å². The predicted molar refractivity (Wildman–Crippen MR) is 74.1 cm³/mol. The smallest absolute Gasteiger partial charge is 0.323 e. The van der Waals surface area contributed by atoms with Gasteiger partial charge in [-0.2, -0.15) is 0 Å². The van der Waals surface area contributed by atoms with Gasteiger partial charge in [0.15, 0.2) is 0 Å². The highest BCUT2D eigenvalue weighted by atomic mass is 16.4. The maximum absolute atomic E-state index is 12.0. The van der Waals surface area contributed by atoms with Crippen molar-refractivity contribution < 1.29 is 24.6 Å². The second-order valence-electron chi connectivity index (χ2n) is 4.02. The van der Waals surface area contributed by atoms with Gasteiger partial charge in [0.2, 0.25) is 0 Å². The molecule has 4 amide bonds. The van der Waals surface area contributed by atoms with Crippen LogP contribution in [0.3, 0.4) is 0 Å². The topological polar surface area (TPSA) is 145 Å². The van der Waals surface area contributed by atoms with Crippen molar-refractivity contribution in [2.45, 2.75) is 0 Å². The number of amides is 4. The summed E-state index contributed by atoms with van der Waals surface area (Å²) in [5.74, 6) is -1.19. The van der Waals surface area contributed by atoms with Crippen LogP contribution in [0, 0.1) is 0 Å². The predicted octanol–water partition coefficient (Wildman–Crippen LogP) is -0.339. The number of nitrogens with one attached hydrogen (secondary N) is 2. The Hall–Kier alpha value is -2.97. The van der Waals surface area contributed by atoms with E-state index < -0.39 is 24.6 Å². The summed E-state index contributed by atoms with van der Waals surface area (Å²) < 4.78 is 0. The fraction of sp³-hybridized carbons (Fsp3) is 0.250. The Morgan fingerprint density at radius 3 is 2.19 bits per heavy atom. The van der Waals surface area contributed by atoms with Gasteiger partial charge in [-0.3, -0.25) is 9.69 Å². The lowest BCUT2D eigenvalue weighted by Crippen LogP contribution is -2.45. The molecule has 1 aromatic rings. The van der Waals surface area contributed by atoms with Crippen LogP contribution >= 0.6 is 0 Å². The zero-order chi connectivity index (χ0) is 15.8. The van der Waals surface area contributed by atoms with Crippen LogP contribution in [0.25, 0.3) is 0 Å². The van der Waals surface area contributed by atoms with E-state index in [1.54, 1.807) is 0 Å². The Labute approximate surface area is 120 Å².